The highest BCUT2D eigenvalue weighted by Crippen LogP contribution is 2.37. The Labute approximate surface area is 212 Å². The quantitative estimate of drug-likeness (QED) is 0.433. The van der Waals surface area contributed by atoms with Crippen molar-refractivity contribution in [2.75, 3.05) is 36.5 Å². The van der Waals surface area contributed by atoms with Crippen LogP contribution in [0.1, 0.15) is 13.8 Å². The molecule has 1 saturated heterocycles. The smallest absolute Gasteiger partial charge is 0.293 e. The highest BCUT2D eigenvalue weighted by atomic mass is 35.5. The van der Waals surface area contributed by atoms with E-state index in [1.807, 2.05) is 11.8 Å². The van der Waals surface area contributed by atoms with Gasteiger partial charge in [-0.05, 0) is 37.7 Å². The molecule has 36 heavy (non-hydrogen) atoms. The second kappa shape index (κ2) is 9.90. The first-order chi connectivity index (χ1) is 17.0. The second-order valence-corrected chi connectivity index (χ2v) is 9.69. The number of carbonyl (C=O) groups excluding carboxylic acids is 1. The number of benzene rings is 1. The number of nitrogens with two attached hydrogens (primary N) is 2. The van der Waals surface area contributed by atoms with Crippen molar-refractivity contribution in [1.82, 2.24) is 14.5 Å². The molecule has 0 spiro atoms. The molecule has 3 aromatic rings. The molecule has 1 aliphatic rings. The Balaban J connectivity index is 1.63. The Morgan fingerprint density at radius 1 is 1.36 bits per heavy atom. The van der Waals surface area contributed by atoms with Gasteiger partial charge in [-0.1, -0.05) is 18.5 Å². The molecule has 5 N–H and O–H groups in total. The summed E-state index contributed by atoms with van der Waals surface area (Å²) < 4.78 is 21.8. The number of aromatic nitrogens is 3. The Hall–Kier alpha value is -3.44. The zero-order valence-corrected chi connectivity index (χ0v) is 21.1. The molecule has 10 nitrogen and oxygen atoms in total. The highest BCUT2D eigenvalue weighted by Gasteiger charge is 2.44. The molecule has 1 aliphatic heterocycles. The number of amides is 1. The van der Waals surface area contributed by atoms with Crippen molar-refractivity contribution in [1.29, 1.82) is 0 Å². The van der Waals surface area contributed by atoms with E-state index in [1.165, 1.54) is 10.8 Å². The first-order valence-electron chi connectivity index (χ1n) is 11.5. The zero-order chi connectivity index (χ0) is 26.2. The minimum Gasteiger partial charge on any atom is -0.478 e. The van der Waals surface area contributed by atoms with Crippen LogP contribution >= 0.6 is 11.6 Å². The lowest BCUT2D eigenvalue weighted by Gasteiger charge is -2.45. The molecule has 0 bridgehead atoms. The molecule has 3 heterocycles. The molecule has 12 heteroatoms. The van der Waals surface area contributed by atoms with Gasteiger partial charge in [0, 0.05) is 43.0 Å². The molecule has 0 radical (unpaired) electrons. The summed E-state index contributed by atoms with van der Waals surface area (Å²) in [5.41, 5.74) is 10.5. The minimum atomic E-state index is -1.37. The monoisotopic (exact) mass is 517 g/mol. The Morgan fingerprint density at radius 3 is 2.81 bits per heavy atom. The number of carbonyl (C=O) groups is 1. The van der Waals surface area contributed by atoms with Gasteiger partial charge in [0.1, 0.15) is 10.7 Å². The van der Waals surface area contributed by atoms with E-state index in [-0.39, 0.29) is 29.7 Å². The summed E-state index contributed by atoms with van der Waals surface area (Å²) in [7, 11) is 1.61. The van der Waals surface area contributed by atoms with E-state index in [0.29, 0.717) is 46.5 Å². The van der Waals surface area contributed by atoms with E-state index in [0.717, 1.165) is 0 Å². The molecule has 2 aromatic heterocycles. The van der Waals surface area contributed by atoms with Crippen molar-refractivity contribution in [3.8, 4) is 5.75 Å². The van der Waals surface area contributed by atoms with E-state index >= 15 is 4.39 Å². The standard InChI is InChI=1S/C24H29ClFN7O3/c1-13-10-33(11-15(8-27)24(13,2)26)23-29-9-17(25)21(31-23)30-16-4-5-18-14(6-16)7-19(22(35)32(18)3)36-12-20(28)34/h4-7,9,13,15H,8,10-12,27H2,1-3H3,(H2,28,34)(H,29,30,31). The van der Waals surface area contributed by atoms with Crippen LogP contribution in [0.4, 0.5) is 21.8 Å². The van der Waals surface area contributed by atoms with Gasteiger partial charge in [-0.3, -0.25) is 9.59 Å². The number of halogens is 2. The normalized spacial score (nSPS) is 22.0. The molecule has 1 aromatic carbocycles. The first-order valence-corrected chi connectivity index (χ1v) is 11.9. The van der Waals surface area contributed by atoms with Gasteiger partial charge in [0.05, 0.1) is 11.7 Å². The molecule has 3 unspecified atom stereocenters. The summed E-state index contributed by atoms with van der Waals surface area (Å²) in [5, 5.41) is 4.18. The number of rotatable bonds is 7. The number of piperidine rings is 1. The number of alkyl halides is 1. The Morgan fingerprint density at radius 2 is 2.11 bits per heavy atom. The number of hydrogen-bond acceptors (Lipinski definition) is 8. The molecule has 192 valence electrons. The topological polar surface area (TPSA) is 141 Å². The fraction of sp³-hybridized carbons (Fsp3) is 0.417. The number of primary amides is 1. The van der Waals surface area contributed by atoms with Crippen molar-refractivity contribution in [3.63, 3.8) is 0 Å². The van der Waals surface area contributed by atoms with Crippen LogP contribution in [0.25, 0.3) is 10.9 Å². The van der Waals surface area contributed by atoms with Crippen LogP contribution in [0.5, 0.6) is 5.75 Å². The largest absolute Gasteiger partial charge is 0.478 e. The molecule has 0 saturated carbocycles. The Kier molecular flexibility index (Phi) is 7.05. The summed E-state index contributed by atoms with van der Waals surface area (Å²) in [5.74, 6) is -0.478. The SMILES string of the molecule is CC1CN(c2ncc(Cl)c(Nc3ccc4c(c3)cc(OCC(N)=O)c(=O)n4C)n2)CC(CN)C1(C)F. The predicted molar refractivity (Wildman–Crippen MR) is 138 cm³/mol. The molecule has 0 aliphatic carbocycles. The van der Waals surface area contributed by atoms with Crippen molar-refractivity contribution >= 4 is 45.9 Å². The lowest BCUT2D eigenvalue weighted by molar-refractivity contribution is -0.119. The van der Waals surface area contributed by atoms with Gasteiger partial charge >= 0.3 is 0 Å². The molecule has 3 atom stereocenters. The van der Waals surface area contributed by atoms with Crippen LogP contribution in [0.2, 0.25) is 5.02 Å². The van der Waals surface area contributed by atoms with Gasteiger partial charge in [-0.25, -0.2) is 9.37 Å². The summed E-state index contributed by atoms with van der Waals surface area (Å²) in [6.45, 7) is 4.11. The molecule has 4 rings (SSSR count). The number of pyridine rings is 1. The van der Waals surface area contributed by atoms with Gasteiger partial charge < -0.3 is 31.0 Å². The van der Waals surface area contributed by atoms with E-state index in [4.69, 9.17) is 27.8 Å². The fourth-order valence-electron chi connectivity index (χ4n) is 4.42. The second-order valence-electron chi connectivity index (χ2n) is 9.28. The van der Waals surface area contributed by atoms with Gasteiger partial charge in [-0.15, -0.1) is 0 Å². The van der Waals surface area contributed by atoms with Crippen LogP contribution in [0.3, 0.4) is 0 Å². The average molecular weight is 518 g/mol. The fourth-order valence-corrected chi connectivity index (χ4v) is 4.55. The van der Waals surface area contributed by atoms with Crippen molar-refractivity contribution in [3.05, 3.63) is 45.8 Å². The molecular weight excluding hydrogens is 489 g/mol. The van der Waals surface area contributed by atoms with Crippen molar-refractivity contribution in [2.24, 2.45) is 30.4 Å². The van der Waals surface area contributed by atoms with E-state index < -0.39 is 18.2 Å². The maximum atomic E-state index is 15.1. The summed E-state index contributed by atoms with van der Waals surface area (Å²) in [4.78, 5) is 34.5. The van der Waals surface area contributed by atoms with Crippen molar-refractivity contribution in [2.45, 2.75) is 19.5 Å². The molecular formula is C24H29ClFN7O3. The molecule has 1 amide bonds. The number of ether oxygens (including phenoxy) is 1. The number of hydrogen-bond donors (Lipinski definition) is 3. The van der Waals surface area contributed by atoms with E-state index in [9.17, 15) is 9.59 Å². The summed E-state index contributed by atoms with van der Waals surface area (Å²) >= 11 is 6.38. The van der Waals surface area contributed by atoms with Crippen molar-refractivity contribution < 1.29 is 13.9 Å². The number of nitrogens with one attached hydrogen (secondary N) is 1. The number of fused-ring (bicyclic) bond motifs is 1. The van der Waals surface area contributed by atoms with E-state index in [2.05, 4.69) is 15.3 Å². The third-order valence-electron chi connectivity index (χ3n) is 6.82. The van der Waals surface area contributed by atoms with Gasteiger partial charge in [0.2, 0.25) is 5.95 Å². The summed E-state index contributed by atoms with van der Waals surface area (Å²) in [6, 6.07) is 6.90. The lowest BCUT2D eigenvalue weighted by Crippen LogP contribution is -2.56. The maximum Gasteiger partial charge on any atom is 0.293 e. The third kappa shape index (κ3) is 4.93. The van der Waals surface area contributed by atoms with Crippen LogP contribution in [-0.4, -0.2) is 52.4 Å². The van der Waals surface area contributed by atoms with Gasteiger partial charge in [-0.2, -0.15) is 4.98 Å². The first kappa shape index (κ1) is 25.6. The molecule has 1 fully saturated rings. The predicted octanol–water partition coefficient (Wildman–Crippen LogP) is 2.35. The van der Waals surface area contributed by atoms with Gasteiger partial charge in [0.15, 0.2) is 18.2 Å². The van der Waals surface area contributed by atoms with Crippen LogP contribution in [-0.2, 0) is 11.8 Å². The third-order valence-corrected chi connectivity index (χ3v) is 7.10. The number of nitrogens with zero attached hydrogens (tertiary/aromatic N) is 4. The van der Waals surface area contributed by atoms with Crippen LogP contribution in [0, 0.1) is 11.8 Å². The number of anilines is 3. The Bertz CT molecular complexity index is 1360. The lowest BCUT2D eigenvalue weighted by atomic mass is 9.77. The summed E-state index contributed by atoms with van der Waals surface area (Å²) in [6.07, 6.45) is 1.50. The average Bonchev–Trinajstić information content (AvgIpc) is 2.83. The maximum absolute atomic E-state index is 15.1. The van der Waals surface area contributed by atoms with E-state index in [1.54, 1.807) is 38.2 Å². The zero-order valence-electron chi connectivity index (χ0n) is 20.3. The number of aryl methyl sites for hydroxylation is 1. The van der Waals surface area contributed by atoms with Crippen LogP contribution < -0.4 is 32.0 Å². The van der Waals surface area contributed by atoms with Crippen LogP contribution in [0.15, 0.2) is 35.3 Å². The minimum absolute atomic E-state index is 0.0110. The van der Waals surface area contributed by atoms with Gasteiger partial charge in [0.25, 0.3) is 11.5 Å². The highest BCUT2D eigenvalue weighted by molar-refractivity contribution is 6.32.